The molecule has 0 atom stereocenters. The van der Waals surface area contributed by atoms with Gasteiger partial charge < -0.3 is 18.9 Å². The Bertz CT molecular complexity index is 1020. The van der Waals surface area contributed by atoms with Crippen LogP contribution in [0.15, 0.2) is 48.5 Å². The number of alkyl halides is 3. The van der Waals surface area contributed by atoms with Crippen molar-refractivity contribution in [3.05, 3.63) is 59.7 Å². The highest BCUT2D eigenvalue weighted by Crippen LogP contribution is 2.26. The fraction of sp³-hybridized carbons (Fsp3) is 0.333. The molecule has 0 N–H and O–H groups in total. The first-order valence-electron chi connectivity index (χ1n) is 10.5. The number of hydrogen-bond acceptors (Lipinski definition) is 8. The number of benzene rings is 2. The van der Waals surface area contributed by atoms with Crippen LogP contribution in [0.5, 0.6) is 11.5 Å². The molecule has 0 saturated carbocycles. The largest absolute Gasteiger partial charge is 0.513 e. The van der Waals surface area contributed by atoms with Gasteiger partial charge in [0, 0.05) is 24.0 Å². The highest BCUT2D eigenvalue weighted by Gasteiger charge is 2.23. The van der Waals surface area contributed by atoms with Crippen LogP contribution >= 0.6 is 34.8 Å². The Kier molecular flexibility index (Phi) is 13.2. The van der Waals surface area contributed by atoms with Gasteiger partial charge in [-0.3, -0.25) is 9.59 Å². The molecule has 0 amide bonds. The zero-order valence-electron chi connectivity index (χ0n) is 19.3. The monoisotopic (exact) mass is 546 g/mol. The third-order valence-corrected chi connectivity index (χ3v) is 4.30. The van der Waals surface area contributed by atoms with Gasteiger partial charge in [0.1, 0.15) is 18.1 Å². The predicted octanol–water partition coefficient (Wildman–Crippen LogP) is 6.98. The lowest BCUT2D eigenvalue weighted by atomic mass is 10.1. The van der Waals surface area contributed by atoms with E-state index in [1.807, 2.05) is 0 Å². The number of Topliss-reactive ketones (excluding diaryl/α,β-unsaturated/α-hetero) is 2. The molecule has 2 rings (SSSR count). The Balaban J connectivity index is 0.000000355. The SMILES string of the molecule is CCC(=O)c1cccc(OC(=O)OCC(Cl)(Cl)Cl)c1.CCOC(=O)Oc1cccc(C(=O)CC)c1. The van der Waals surface area contributed by atoms with Crippen molar-refractivity contribution in [2.45, 2.75) is 37.4 Å². The Morgan fingerprint density at radius 1 is 0.714 bits per heavy atom. The Hall–Kier alpha value is -2.81. The highest BCUT2D eigenvalue weighted by molar-refractivity contribution is 6.67. The van der Waals surface area contributed by atoms with Gasteiger partial charge in [-0.2, -0.15) is 0 Å². The smallest absolute Gasteiger partial charge is 0.434 e. The standard InChI is InChI=1S/C12H11Cl3O4.C12H14O4/c1-2-10(16)8-4-3-5-9(6-8)19-11(17)18-7-12(13,14)15;1-3-11(13)9-6-5-7-10(8-9)16-12(14)15-4-2/h3-6H,2,7H2,1H3;5-8H,3-4H2,1-2H3. The lowest BCUT2D eigenvalue weighted by Crippen LogP contribution is -2.19. The second kappa shape index (κ2) is 15.2. The average Bonchev–Trinajstić information content (AvgIpc) is 2.82. The minimum Gasteiger partial charge on any atom is -0.434 e. The maximum Gasteiger partial charge on any atom is 0.513 e. The molecule has 0 aliphatic heterocycles. The van der Waals surface area contributed by atoms with Crippen LogP contribution in [0.4, 0.5) is 9.59 Å². The number of rotatable bonds is 8. The maximum absolute atomic E-state index is 11.5. The normalized spacial score (nSPS) is 10.3. The quantitative estimate of drug-likeness (QED) is 0.151. The van der Waals surface area contributed by atoms with Crippen molar-refractivity contribution in [1.82, 2.24) is 0 Å². The topological polar surface area (TPSA) is 105 Å². The van der Waals surface area contributed by atoms with Crippen molar-refractivity contribution >= 4 is 58.7 Å². The van der Waals surface area contributed by atoms with Gasteiger partial charge in [-0.1, -0.05) is 72.9 Å². The maximum atomic E-state index is 11.5. The van der Waals surface area contributed by atoms with Gasteiger partial charge in [0.25, 0.3) is 0 Å². The molecule has 0 spiro atoms. The highest BCUT2D eigenvalue weighted by atomic mass is 35.6. The van der Waals surface area contributed by atoms with E-state index in [-0.39, 0.29) is 23.9 Å². The van der Waals surface area contributed by atoms with Crippen LogP contribution in [0.25, 0.3) is 0 Å². The Morgan fingerprint density at radius 2 is 1.14 bits per heavy atom. The zero-order valence-corrected chi connectivity index (χ0v) is 21.6. The Morgan fingerprint density at radius 3 is 1.51 bits per heavy atom. The van der Waals surface area contributed by atoms with Gasteiger partial charge >= 0.3 is 12.3 Å². The molecule has 0 saturated heterocycles. The number of carbonyl (C=O) groups is 4. The summed E-state index contributed by atoms with van der Waals surface area (Å²) in [6.45, 7) is 5.04. The molecule has 0 aliphatic rings. The van der Waals surface area contributed by atoms with Gasteiger partial charge in [0.15, 0.2) is 11.6 Å². The molecular formula is C24H25Cl3O8. The third kappa shape index (κ3) is 12.5. The van der Waals surface area contributed by atoms with E-state index in [2.05, 4.69) is 9.47 Å². The first-order chi connectivity index (χ1) is 16.5. The van der Waals surface area contributed by atoms with Gasteiger partial charge in [-0.15, -0.1) is 0 Å². The minimum atomic E-state index is -1.70. The summed E-state index contributed by atoms with van der Waals surface area (Å²) in [5, 5.41) is 0. The summed E-state index contributed by atoms with van der Waals surface area (Å²) in [7, 11) is 0. The molecule has 0 unspecified atom stereocenters. The van der Waals surface area contributed by atoms with Crippen LogP contribution in [0.3, 0.4) is 0 Å². The van der Waals surface area contributed by atoms with Crippen molar-refractivity contribution in [2.75, 3.05) is 13.2 Å². The Labute approximate surface area is 218 Å². The molecule has 0 fully saturated rings. The van der Waals surface area contributed by atoms with E-state index in [0.29, 0.717) is 29.7 Å². The number of halogens is 3. The second-order valence-corrected chi connectivity index (χ2v) is 9.17. The van der Waals surface area contributed by atoms with Crippen molar-refractivity contribution in [1.29, 1.82) is 0 Å². The van der Waals surface area contributed by atoms with Crippen molar-refractivity contribution in [2.24, 2.45) is 0 Å². The van der Waals surface area contributed by atoms with Crippen LogP contribution in [0.2, 0.25) is 0 Å². The van der Waals surface area contributed by atoms with Crippen LogP contribution in [-0.2, 0) is 9.47 Å². The molecule has 190 valence electrons. The summed E-state index contributed by atoms with van der Waals surface area (Å²) in [4.78, 5) is 45.2. The minimum absolute atomic E-state index is 0.00862. The predicted molar refractivity (Wildman–Crippen MR) is 132 cm³/mol. The van der Waals surface area contributed by atoms with Gasteiger partial charge in [0.2, 0.25) is 3.79 Å². The molecule has 0 aromatic heterocycles. The van der Waals surface area contributed by atoms with E-state index in [0.717, 1.165) is 0 Å². The first kappa shape index (κ1) is 30.2. The second-order valence-electron chi connectivity index (χ2n) is 6.65. The van der Waals surface area contributed by atoms with Crippen LogP contribution in [0.1, 0.15) is 54.3 Å². The summed E-state index contributed by atoms with van der Waals surface area (Å²) in [5.74, 6) is 0.459. The van der Waals surface area contributed by atoms with E-state index >= 15 is 0 Å². The number of carbonyl (C=O) groups excluding carboxylic acids is 4. The summed E-state index contributed by atoms with van der Waals surface area (Å²) >= 11 is 16.3. The molecule has 8 nitrogen and oxygen atoms in total. The van der Waals surface area contributed by atoms with E-state index in [4.69, 9.17) is 44.3 Å². The molecule has 35 heavy (non-hydrogen) atoms. The van der Waals surface area contributed by atoms with Gasteiger partial charge in [-0.25, -0.2) is 9.59 Å². The van der Waals surface area contributed by atoms with E-state index in [1.54, 1.807) is 51.1 Å². The summed E-state index contributed by atoms with van der Waals surface area (Å²) in [5.41, 5.74) is 0.985. The molecular weight excluding hydrogens is 523 g/mol. The summed E-state index contributed by atoms with van der Waals surface area (Å²) in [6.07, 6.45) is -0.986. The average molecular weight is 548 g/mol. The van der Waals surface area contributed by atoms with E-state index < -0.39 is 22.7 Å². The number of hydrogen-bond donors (Lipinski definition) is 0. The fourth-order valence-corrected chi connectivity index (χ4v) is 2.55. The lowest BCUT2D eigenvalue weighted by molar-refractivity contribution is 0.0973. The summed E-state index contributed by atoms with van der Waals surface area (Å²) < 4.78 is 17.3. The third-order valence-electron chi connectivity index (χ3n) is 3.97. The molecule has 0 bridgehead atoms. The van der Waals surface area contributed by atoms with Crippen molar-refractivity contribution < 1.29 is 38.1 Å². The van der Waals surface area contributed by atoms with Gasteiger partial charge in [-0.05, 0) is 31.2 Å². The molecule has 0 radical (unpaired) electrons. The van der Waals surface area contributed by atoms with Crippen LogP contribution in [0, 0.1) is 0 Å². The molecule has 2 aromatic rings. The van der Waals surface area contributed by atoms with Crippen molar-refractivity contribution in [3.63, 3.8) is 0 Å². The number of ketones is 2. The molecule has 0 aliphatic carbocycles. The first-order valence-corrected chi connectivity index (χ1v) is 11.6. The van der Waals surface area contributed by atoms with E-state index in [9.17, 15) is 19.2 Å². The van der Waals surface area contributed by atoms with Crippen LogP contribution in [-0.4, -0.2) is 40.9 Å². The zero-order chi connectivity index (χ0) is 26.4. The van der Waals surface area contributed by atoms with Crippen molar-refractivity contribution in [3.8, 4) is 11.5 Å². The molecule has 0 heterocycles. The number of ether oxygens (including phenoxy) is 4. The van der Waals surface area contributed by atoms with E-state index in [1.165, 1.54) is 18.2 Å². The lowest BCUT2D eigenvalue weighted by Gasteiger charge is -2.11. The van der Waals surface area contributed by atoms with Gasteiger partial charge in [0.05, 0.1) is 6.61 Å². The molecule has 2 aromatic carbocycles. The fourth-order valence-electron chi connectivity index (χ4n) is 2.38. The summed E-state index contributed by atoms with van der Waals surface area (Å²) in [6, 6.07) is 12.7. The van der Waals surface area contributed by atoms with Crippen LogP contribution < -0.4 is 9.47 Å². The molecule has 11 heteroatoms.